The van der Waals surface area contributed by atoms with E-state index in [1.807, 2.05) is 0 Å². The van der Waals surface area contributed by atoms with Gasteiger partial charge in [0.25, 0.3) is 5.91 Å². The first-order valence-electron chi connectivity index (χ1n) is 4.80. The van der Waals surface area contributed by atoms with Crippen LogP contribution in [0.25, 0.3) is 0 Å². The topological polar surface area (TPSA) is 51.2 Å². The molecular formula is C10H10F2N2O2. The van der Waals surface area contributed by atoms with Crippen molar-refractivity contribution >= 4 is 5.91 Å². The highest BCUT2D eigenvalue weighted by Crippen LogP contribution is 2.11. The van der Waals surface area contributed by atoms with Gasteiger partial charge in [-0.1, -0.05) is 0 Å². The highest BCUT2D eigenvalue weighted by molar-refractivity contribution is 5.94. The molecule has 0 spiro atoms. The molecule has 0 bridgehead atoms. The molecule has 1 aliphatic rings. The Morgan fingerprint density at radius 3 is 3.00 bits per heavy atom. The number of pyridine rings is 1. The summed E-state index contributed by atoms with van der Waals surface area (Å²) in [5, 5.41) is 2.38. The highest BCUT2D eigenvalue weighted by atomic mass is 19.1. The third-order valence-electron chi connectivity index (χ3n) is 2.34. The second-order valence-electron chi connectivity index (χ2n) is 3.49. The van der Waals surface area contributed by atoms with E-state index in [9.17, 15) is 13.6 Å². The molecule has 1 aromatic heterocycles. The lowest BCUT2D eigenvalue weighted by molar-refractivity contribution is 0.0916. The fourth-order valence-corrected chi connectivity index (χ4v) is 1.47. The monoisotopic (exact) mass is 228 g/mol. The zero-order chi connectivity index (χ0) is 11.5. The number of carbonyl (C=O) groups excluding carboxylic acids is 1. The first kappa shape index (κ1) is 10.9. The quantitative estimate of drug-likeness (QED) is 0.810. The number of carbonyl (C=O) groups is 1. The average Bonchev–Trinajstić information content (AvgIpc) is 2.65. The van der Waals surface area contributed by atoms with Crippen molar-refractivity contribution in [3.8, 4) is 0 Å². The van der Waals surface area contributed by atoms with Crippen molar-refractivity contribution in [3.05, 3.63) is 29.8 Å². The van der Waals surface area contributed by atoms with Gasteiger partial charge in [0, 0.05) is 6.20 Å². The van der Waals surface area contributed by atoms with Crippen molar-refractivity contribution < 1.29 is 18.3 Å². The predicted molar refractivity (Wildman–Crippen MR) is 51.2 cm³/mol. The van der Waals surface area contributed by atoms with Crippen LogP contribution < -0.4 is 5.32 Å². The van der Waals surface area contributed by atoms with E-state index >= 15 is 0 Å². The van der Waals surface area contributed by atoms with Crippen molar-refractivity contribution in [1.29, 1.82) is 0 Å². The Balaban J connectivity index is 2.06. The number of aromatic nitrogens is 1. The molecule has 2 atom stereocenters. The van der Waals surface area contributed by atoms with Crippen LogP contribution in [0.15, 0.2) is 18.5 Å². The number of halogens is 2. The molecule has 6 heteroatoms. The molecule has 1 aliphatic heterocycles. The molecule has 16 heavy (non-hydrogen) atoms. The minimum Gasteiger partial charge on any atom is -0.376 e. The molecule has 1 saturated heterocycles. The molecular weight excluding hydrogens is 218 g/mol. The van der Waals surface area contributed by atoms with Gasteiger partial charge in [-0.15, -0.1) is 0 Å². The summed E-state index contributed by atoms with van der Waals surface area (Å²) in [4.78, 5) is 15.1. The molecule has 0 saturated carbocycles. The number of rotatable bonds is 2. The number of hydrogen-bond donors (Lipinski definition) is 1. The molecule has 2 rings (SSSR count). The van der Waals surface area contributed by atoms with Gasteiger partial charge in [-0.25, -0.2) is 8.78 Å². The minimum atomic E-state index is -1.24. The number of nitrogens with one attached hydrogen (secondary N) is 1. The molecule has 1 amide bonds. The van der Waals surface area contributed by atoms with Gasteiger partial charge in [0.15, 0.2) is 5.82 Å². The molecule has 2 heterocycles. The predicted octanol–water partition coefficient (Wildman–Crippen LogP) is 0.687. The summed E-state index contributed by atoms with van der Waals surface area (Å²) in [6.07, 6.45) is 0.997. The van der Waals surface area contributed by atoms with Crippen molar-refractivity contribution in [2.24, 2.45) is 0 Å². The summed E-state index contributed by atoms with van der Waals surface area (Å²) in [5.41, 5.74) is -0.144. The van der Waals surface area contributed by atoms with Gasteiger partial charge >= 0.3 is 0 Å². The lowest BCUT2D eigenvalue weighted by Crippen LogP contribution is -2.41. The fraction of sp³-hybridized carbons (Fsp3) is 0.400. The van der Waals surface area contributed by atoms with Crippen molar-refractivity contribution in [2.45, 2.75) is 12.2 Å². The van der Waals surface area contributed by atoms with Crippen LogP contribution >= 0.6 is 0 Å². The van der Waals surface area contributed by atoms with E-state index in [2.05, 4.69) is 10.3 Å². The fourth-order valence-electron chi connectivity index (χ4n) is 1.47. The van der Waals surface area contributed by atoms with Crippen LogP contribution in [0.4, 0.5) is 8.78 Å². The third kappa shape index (κ3) is 2.16. The van der Waals surface area contributed by atoms with Gasteiger partial charge in [0.1, 0.15) is 6.17 Å². The maximum Gasteiger partial charge on any atom is 0.254 e. The van der Waals surface area contributed by atoms with E-state index < -0.39 is 23.9 Å². The summed E-state index contributed by atoms with van der Waals surface area (Å²) >= 11 is 0. The van der Waals surface area contributed by atoms with E-state index in [0.717, 1.165) is 6.20 Å². The molecule has 1 aromatic rings. The summed E-state index contributed by atoms with van der Waals surface area (Å²) in [6, 6.07) is 0.535. The molecule has 0 aromatic carbocycles. The Morgan fingerprint density at radius 1 is 1.56 bits per heavy atom. The molecule has 1 N–H and O–H groups in total. The first-order chi connectivity index (χ1) is 7.68. The largest absolute Gasteiger partial charge is 0.376 e. The zero-order valence-corrected chi connectivity index (χ0v) is 8.32. The van der Waals surface area contributed by atoms with Gasteiger partial charge < -0.3 is 10.1 Å². The van der Waals surface area contributed by atoms with E-state index in [1.165, 1.54) is 12.3 Å². The van der Waals surface area contributed by atoms with Crippen LogP contribution in [-0.2, 0) is 4.74 Å². The lowest BCUT2D eigenvalue weighted by atomic mass is 10.2. The molecule has 86 valence electrons. The number of amides is 1. The number of alkyl halides is 1. The Kier molecular flexibility index (Phi) is 3.09. The minimum absolute atomic E-state index is 0.0379. The Morgan fingerprint density at radius 2 is 2.38 bits per heavy atom. The highest BCUT2D eigenvalue weighted by Gasteiger charge is 2.30. The van der Waals surface area contributed by atoms with Gasteiger partial charge in [-0.05, 0) is 6.07 Å². The van der Waals surface area contributed by atoms with Crippen molar-refractivity contribution in [3.63, 3.8) is 0 Å². The standard InChI is InChI=1S/C10H10F2N2O2/c11-7-3-13-2-1-6(7)10(15)14-9-5-16-4-8(9)12/h1-3,8-9H,4-5H2,(H,14,15)/t8-,9-/m1/s1. The average molecular weight is 228 g/mol. The van der Waals surface area contributed by atoms with Crippen molar-refractivity contribution in [2.75, 3.05) is 13.2 Å². The van der Waals surface area contributed by atoms with Crippen LogP contribution in [0.3, 0.4) is 0 Å². The second-order valence-corrected chi connectivity index (χ2v) is 3.49. The Hall–Kier alpha value is -1.56. The maximum atomic E-state index is 13.2. The molecule has 4 nitrogen and oxygen atoms in total. The van der Waals surface area contributed by atoms with Crippen LogP contribution in [-0.4, -0.2) is 36.3 Å². The van der Waals surface area contributed by atoms with Crippen LogP contribution in [0.1, 0.15) is 10.4 Å². The Labute approximate surface area is 90.6 Å². The summed E-state index contributed by atoms with van der Waals surface area (Å²) in [5.74, 6) is -1.38. The van der Waals surface area contributed by atoms with Gasteiger partial charge in [0.2, 0.25) is 0 Å². The third-order valence-corrected chi connectivity index (χ3v) is 2.34. The van der Waals surface area contributed by atoms with Gasteiger partial charge in [0.05, 0.1) is 31.0 Å². The normalized spacial score (nSPS) is 24.4. The molecule has 0 aliphatic carbocycles. The van der Waals surface area contributed by atoms with Crippen LogP contribution in [0.5, 0.6) is 0 Å². The number of hydrogen-bond acceptors (Lipinski definition) is 3. The van der Waals surface area contributed by atoms with E-state index in [4.69, 9.17) is 4.74 Å². The van der Waals surface area contributed by atoms with E-state index in [0.29, 0.717) is 0 Å². The van der Waals surface area contributed by atoms with E-state index in [1.54, 1.807) is 0 Å². The maximum absolute atomic E-state index is 13.2. The van der Waals surface area contributed by atoms with Crippen LogP contribution in [0, 0.1) is 5.82 Å². The van der Waals surface area contributed by atoms with Gasteiger partial charge in [-0.2, -0.15) is 0 Å². The molecule has 0 unspecified atom stereocenters. The zero-order valence-electron chi connectivity index (χ0n) is 8.32. The summed E-state index contributed by atoms with van der Waals surface area (Å²) < 4.78 is 31.1. The summed E-state index contributed by atoms with van der Waals surface area (Å²) in [7, 11) is 0. The smallest absolute Gasteiger partial charge is 0.254 e. The second kappa shape index (κ2) is 4.52. The summed E-state index contributed by atoms with van der Waals surface area (Å²) in [6.45, 7) is 0.0728. The van der Waals surface area contributed by atoms with Crippen LogP contribution in [0.2, 0.25) is 0 Å². The lowest BCUT2D eigenvalue weighted by Gasteiger charge is -2.13. The first-order valence-corrected chi connectivity index (χ1v) is 4.80. The Bertz CT molecular complexity index is 400. The number of ether oxygens (including phenoxy) is 1. The van der Waals surface area contributed by atoms with E-state index in [-0.39, 0.29) is 18.8 Å². The molecule has 1 fully saturated rings. The number of nitrogens with zero attached hydrogens (tertiary/aromatic N) is 1. The molecule has 0 radical (unpaired) electrons. The van der Waals surface area contributed by atoms with Gasteiger partial charge in [-0.3, -0.25) is 9.78 Å². The van der Waals surface area contributed by atoms with Crippen molar-refractivity contribution in [1.82, 2.24) is 10.3 Å². The SMILES string of the molecule is O=C(N[C@@H]1COC[C@H]1F)c1ccncc1F.